The number of hydrogen-bond acceptors (Lipinski definition) is 6. The minimum Gasteiger partial charge on any atom is -0.507 e. The molecule has 1 N–H and O–H groups in total. The van der Waals surface area contributed by atoms with Gasteiger partial charge >= 0.3 is 0 Å². The van der Waals surface area contributed by atoms with Crippen LogP contribution < -0.4 is 9.47 Å². The molecule has 0 aromatic heterocycles. The van der Waals surface area contributed by atoms with Gasteiger partial charge in [0.2, 0.25) is 0 Å². The largest absolute Gasteiger partial charge is 0.507 e. The molecule has 7 nitrogen and oxygen atoms in total. The highest BCUT2D eigenvalue weighted by Gasteiger charge is 2.47. The van der Waals surface area contributed by atoms with Crippen molar-refractivity contribution < 1.29 is 28.9 Å². The van der Waals surface area contributed by atoms with E-state index >= 15 is 0 Å². The first-order valence-electron chi connectivity index (χ1n) is 10.2. The number of para-hydroxylation sites is 1. The molecule has 1 fully saturated rings. The van der Waals surface area contributed by atoms with Crippen LogP contribution in [-0.2, 0) is 14.3 Å². The highest BCUT2D eigenvalue weighted by molar-refractivity contribution is 6.47. The molecule has 1 amide bonds. The van der Waals surface area contributed by atoms with Crippen LogP contribution in [0.25, 0.3) is 5.76 Å². The molecule has 1 heterocycles. The number of likely N-dealkylation sites (tertiary alicyclic amines) is 1. The van der Waals surface area contributed by atoms with Gasteiger partial charge < -0.3 is 24.2 Å². The number of aliphatic hydroxyl groups excluding tert-OH is 1. The second kappa shape index (κ2) is 10.1. The molecular weight excluding hydrogens is 434 g/mol. The highest BCUT2D eigenvalue weighted by Crippen LogP contribution is 2.43. The summed E-state index contributed by atoms with van der Waals surface area (Å²) in [5, 5.41) is 11.4. The van der Waals surface area contributed by atoms with Crippen molar-refractivity contribution in [3.8, 4) is 11.5 Å². The fourth-order valence-corrected chi connectivity index (χ4v) is 3.88. The van der Waals surface area contributed by atoms with Crippen LogP contribution in [-0.4, -0.2) is 55.2 Å². The Balaban J connectivity index is 2.19. The molecule has 0 aliphatic carbocycles. The lowest BCUT2D eigenvalue weighted by Crippen LogP contribution is -2.33. The smallest absolute Gasteiger partial charge is 0.295 e. The van der Waals surface area contributed by atoms with Gasteiger partial charge in [-0.3, -0.25) is 9.59 Å². The van der Waals surface area contributed by atoms with Gasteiger partial charge in [-0.1, -0.05) is 29.8 Å². The number of rotatable bonds is 8. The van der Waals surface area contributed by atoms with E-state index < -0.39 is 17.7 Å². The van der Waals surface area contributed by atoms with E-state index in [9.17, 15) is 14.7 Å². The van der Waals surface area contributed by atoms with Crippen molar-refractivity contribution >= 4 is 29.1 Å². The lowest BCUT2D eigenvalue weighted by molar-refractivity contribution is -0.140. The van der Waals surface area contributed by atoms with E-state index in [-0.39, 0.29) is 41.2 Å². The molecule has 0 bridgehead atoms. The number of benzene rings is 2. The molecule has 1 saturated heterocycles. The van der Waals surface area contributed by atoms with Crippen LogP contribution in [0.4, 0.5) is 0 Å². The number of methoxy groups -OCH3 is 2. The van der Waals surface area contributed by atoms with Crippen molar-refractivity contribution in [2.45, 2.75) is 26.0 Å². The molecule has 1 unspecified atom stereocenters. The van der Waals surface area contributed by atoms with Crippen LogP contribution in [0.2, 0.25) is 5.02 Å². The Morgan fingerprint density at radius 3 is 2.50 bits per heavy atom. The maximum Gasteiger partial charge on any atom is 0.295 e. The van der Waals surface area contributed by atoms with Crippen LogP contribution in [0.5, 0.6) is 11.5 Å². The third-order valence-electron chi connectivity index (χ3n) is 5.19. The number of hydrogen-bond donors (Lipinski definition) is 1. The number of ketones is 1. The number of ether oxygens (including phenoxy) is 3. The first-order valence-corrected chi connectivity index (χ1v) is 10.5. The Kier molecular flexibility index (Phi) is 7.43. The Morgan fingerprint density at radius 2 is 1.84 bits per heavy atom. The summed E-state index contributed by atoms with van der Waals surface area (Å²) in [5.41, 5.74) is 0.695. The minimum atomic E-state index is -0.871. The summed E-state index contributed by atoms with van der Waals surface area (Å²) in [7, 11) is 2.99. The zero-order valence-electron chi connectivity index (χ0n) is 18.4. The Bertz CT molecular complexity index is 1050. The Morgan fingerprint density at radius 1 is 1.12 bits per heavy atom. The van der Waals surface area contributed by atoms with Crippen molar-refractivity contribution in [1.29, 1.82) is 0 Å². The molecule has 170 valence electrons. The fraction of sp³-hybridized carbons (Fsp3) is 0.333. The van der Waals surface area contributed by atoms with E-state index in [1.54, 1.807) is 36.4 Å². The van der Waals surface area contributed by atoms with Gasteiger partial charge in [0, 0.05) is 17.7 Å². The van der Waals surface area contributed by atoms with Gasteiger partial charge in [-0.2, -0.15) is 0 Å². The quantitative estimate of drug-likeness (QED) is 0.361. The van der Waals surface area contributed by atoms with E-state index in [4.69, 9.17) is 25.8 Å². The average Bonchev–Trinajstić information content (AvgIpc) is 3.03. The SMILES string of the molecule is COc1ccc(Cl)c(/C(O)=C2\C(=O)C(=O)N(CCOC(C)C)C2c2ccccc2OC)c1. The molecule has 2 aromatic carbocycles. The summed E-state index contributed by atoms with van der Waals surface area (Å²) in [5.74, 6) is -0.979. The zero-order chi connectivity index (χ0) is 23.4. The molecule has 2 aromatic rings. The highest BCUT2D eigenvalue weighted by atomic mass is 35.5. The number of amides is 1. The summed E-state index contributed by atoms with van der Waals surface area (Å²) in [6.45, 7) is 4.16. The summed E-state index contributed by atoms with van der Waals surface area (Å²) < 4.78 is 16.3. The van der Waals surface area contributed by atoms with Crippen LogP contribution >= 0.6 is 11.6 Å². The monoisotopic (exact) mass is 459 g/mol. The normalized spacial score (nSPS) is 17.8. The van der Waals surface area contributed by atoms with Gasteiger partial charge in [0.1, 0.15) is 17.3 Å². The molecule has 32 heavy (non-hydrogen) atoms. The third-order valence-corrected chi connectivity index (χ3v) is 5.52. The first-order chi connectivity index (χ1) is 15.3. The first kappa shape index (κ1) is 23.6. The van der Waals surface area contributed by atoms with Gasteiger partial charge in [0.15, 0.2) is 0 Å². The lowest BCUT2D eigenvalue weighted by Gasteiger charge is -2.27. The van der Waals surface area contributed by atoms with Gasteiger partial charge in [-0.25, -0.2) is 0 Å². The van der Waals surface area contributed by atoms with E-state index in [2.05, 4.69) is 0 Å². The molecule has 1 aliphatic heterocycles. The van der Waals surface area contributed by atoms with Crippen molar-refractivity contribution in [1.82, 2.24) is 4.90 Å². The maximum atomic E-state index is 13.1. The third kappa shape index (κ3) is 4.59. The molecule has 0 radical (unpaired) electrons. The molecule has 0 saturated carbocycles. The van der Waals surface area contributed by atoms with Crippen LogP contribution in [0, 0.1) is 0 Å². The number of carbonyl (C=O) groups excluding carboxylic acids is 2. The van der Waals surface area contributed by atoms with Gasteiger partial charge in [0.25, 0.3) is 11.7 Å². The molecular formula is C24H26ClNO6. The molecule has 3 rings (SSSR count). The van der Waals surface area contributed by atoms with Crippen LogP contribution in [0.15, 0.2) is 48.0 Å². The van der Waals surface area contributed by atoms with Crippen molar-refractivity contribution in [2.24, 2.45) is 0 Å². The predicted octanol–water partition coefficient (Wildman–Crippen LogP) is 4.20. The fourth-order valence-electron chi connectivity index (χ4n) is 3.67. The van der Waals surface area contributed by atoms with E-state index in [1.165, 1.54) is 25.2 Å². The second-order valence-electron chi connectivity index (χ2n) is 7.50. The molecule has 1 atom stereocenters. The van der Waals surface area contributed by atoms with Crippen LogP contribution in [0.3, 0.4) is 0 Å². The zero-order valence-corrected chi connectivity index (χ0v) is 19.2. The standard InChI is InChI=1S/C24H26ClNO6/c1-14(2)32-12-11-26-21(16-7-5-6-8-19(16)31-4)20(23(28)24(26)29)22(27)17-13-15(30-3)9-10-18(17)25/h5-10,13-14,21,27H,11-12H2,1-4H3/b22-20+. The molecule has 8 heteroatoms. The van der Waals surface area contributed by atoms with Crippen molar-refractivity contribution in [2.75, 3.05) is 27.4 Å². The summed E-state index contributed by atoms with van der Waals surface area (Å²) in [4.78, 5) is 27.5. The summed E-state index contributed by atoms with van der Waals surface area (Å²) >= 11 is 6.31. The van der Waals surface area contributed by atoms with E-state index in [0.29, 0.717) is 17.1 Å². The number of aliphatic hydroxyl groups is 1. The number of nitrogens with zero attached hydrogens (tertiary/aromatic N) is 1. The number of halogens is 1. The van der Waals surface area contributed by atoms with Crippen molar-refractivity contribution in [3.05, 3.63) is 64.2 Å². The second-order valence-corrected chi connectivity index (χ2v) is 7.91. The number of Topliss-reactive ketones (excluding diaryl/α,β-unsaturated/α-hetero) is 1. The average molecular weight is 460 g/mol. The van der Waals surface area contributed by atoms with Crippen LogP contribution in [0.1, 0.15) is 31.0 Å². The Labute approximate surface area is 192 Å². The van der Waals surface area contributed by atoms with Gasteiger partial charge in [-0.15, -0.1) is 0 Å². The Hall–Kier alpha value is -3.03. The van der Waals surface area contributed by atoms with Gasteiger partial charge in [0.05, 0.1) is 43.6 Å². The van der Waals surface area contributed by atoms with E-state index in [1.807, 2.05) is 13.8 Å². The lowest BCUT2D eigenvalue weighted by atomic mass is 9.94. The maximum absolute atomic E-state index is 13.1. The summed E-state index contributed by atoms with van der Waals surface area (Å²) in [6, 6.07) is 10.9. The topological polar surface area (TPSA) is 85.3 Å². The van der Waals surface area contributed by atoms with Crippen molar-refractivity contribution in [3.63, 3.8) is 0 Å². The van der Waals surface area contributed by atoms with E-state index in [0.717, 1.165) is 0 Å². The molecule has 0 spiro atoms. The number of carbonyl (C=O) groups is 2. The summed E-state index contributed by atoms with van der Waals surface area (Å²) in [6.07, 6.45) is -0.0351. The molecule has 1 aliphatic rings. The van der Waals surface area contributed by atoms with Gasteiger partial charge in [-0.05, 0) is 38.1 Å². The predicted molar refractivity (Wildman–Crippen MR) is 121 cm³/mol. The minimum absolute atomic E-state index is 0.0351.